The van der Waals surface area contributed by atoms with Gasteiger partial charge in [0.2, 0.25) is 5.91 Å². The molecule has 174 valence electrons. The van der Waals surface area contributed by atoms with E-state index in [9.17, 15) is 14.4 Å². The van der Waals surface area contributed by atoms with Crippen LogP contribution < -0.4 is 26.0 Å². The predicted molar refractivity (Wildman–Crippen MR) is 129 cm³/mol. The van der Waals surface area contributed by atoms with E-state index in [1.54, 1.807) is 30.3 Å². The number of carbonyl (C=O) groups excluding carboxylic acids is 1. The number of ether oxygens (including phenoxy) is 2. The van der Waals surface area contributed by atoms with E-state index in [0.717, 1.165) is 15.7 Å². The third kappa shape index (κ3) is 4.54. The first-order valence-electron chi connectivity index (χ1n) is 10.6. The summed E-state index contributed by atoms with van der Waals surface area (Å²) in [4.78, 5) is 43.6. The van der Waals surface area contributed by atoms with Gasteiger partial charge in [-0.3, -0.25) is 18.7 Å². The molecule has 4 rings (SSSR count). The molecule has 0 aliphatic carbocycles. The number of methoxy groups -OCH3 is 2. The van der Waals surface area contributed by atoms with Crippen molar-refractivity contribution in [3.05, 3.63) is 92.8 Å². The summed E-state index contributed by atoms with van der Waals surface area (Å²) >= 11 is 0. The summed E-state index contributed by atoms with van der Waals surface area (Å²) in [6.07, 6.45) is 1.48. The number of fused-ring (bicyclic) bond motifs is 1. The van der Waals surface area contributed by atoms with Crippen molar-refractivity contribution >= 4 is 22.6 Å². The molecule has 0 saturated heterocycles. The third-order valence-electron chi connectivity index (χ3n) is 5.43. The third-order valence-corrected chi connectivity index (χ3v) is 5.43. The summed E-state index contributed by atoms with van der Waals surface area (Å²) in [5.41, 5.74) is 1.54. The number of anilines is 1. The largest absolute Gasteiger partial charge is 0.497 e. The number of hydrogen-bond donors (Lipinski definition) is 1. The average Bonchev–Trinajstić information content (AvgIpc) is 2.85. The summed E-state index contributed by atoms with van der Waals surface area (Å²) < 4.78 is 12.9. The zero-order valence-electron chi connectivity index (χ0n) is 19.1. The summed E-state index contributed by atoms with van der Waals surface area (Å²) in [7, 11) is 3.01. The lowest BCUT2D eigenvalue weighted by molar-refractivity contribution is -0.116. The Bertz CT molecular complexity index is 1470. The number of nitrogens with zero attached hydrogens (tertiary/aromatic N) is 3. The second kappa shape index (κ2) is 9.62. The molecule has 0 radical (unpaired) electrons. The van der Waals surface area contributed by atoms with Gasteiger partial charge in [-0.1, -0.05) is 29.8 Å². The SMILES string of the molecule is COc1ccc(OC)c(NC(=O)Cn2c(=O)n(Cc3ccc(C)cc3)c(=O)c3ncccc32)c1. The number of aromatic nitrogens is 3. The van der Waals surface area contributed by atoms with Gasteiger partial charge in [-0.05, 0) is 36.8 Å². The molecule has 2 aromatic carbocycles. The van der Waals surface area contributed by atoms with Gasteiger partial charge in [0.25, 0.3) is 5.56 Å². The first kappa shape index (κ1) is 22.8. The summed E-state index contributed by atoms with van der Waals surface area (Å²) in [6, 6.07) is 15.7. The van der Waals surface area contributed by atoms with Gasteiger partial charge >= 0.3 is 5.69 Å². The van der Waals surface area contributed by atoms with Crippen molar-refractivity contribution in [3.63, 3.8) is 0 Å². The Balaban J connectivity index is 1.74. The predicted octanol–water partition coefficient (Wildman–Crippen LogP) is 2.57. The van der Waals surface area contributed by atoms with E-state index < -0.39 is 17.2 Å². The molecule has 0 bridgehead atoms. The van der Waals surface area contributed by atoms with Crippen LogP contribution in [0, 0.1) is 6.92 Å². The molecule has 2 heterocycles. The van der Waals surface area contributed by atoms with E-state index in [1.165, 1.54) is 25.0 Å². The smallest absolute Gasteiger partial charge is 0.332 e. The van der Waals surface area contributed by atoms with E-state index in [-0.39, 0.29) is 24.1 Å². The highest BCUT2D eigenvalue weighted by Gasteiger charge is 2.17. The molecule has 1 N–H and O–H groups in total. The van der Waals surface area contributed by atoms with Gasteiger partial charge in [0.05, 0.1) is 32.0 Å². The van der Waals surface area contributed by atoms with Crippen LogP contribution in [-0.2, 0) is 17.9 Å². The summed E-state index contributed by atoms with van der Waals surface area (Å²) in [5.74, 6) is 0.506. The van der Waals surface area contributed by atoms with Crippen molar-refractivity contribution in [1.82, 2.24) is 14.1 Å². The van der Waals surface area contributed by atoms with Crippen LogP contribution in [0.1, 0.15) is 11.1 Å². The maximum atomic E-state index is 13.4. The number of rotatable bonds is 7. The van der Waals surface area contributed by atoms with Gasteiger partial charge in [0.15, 0.2) is 5.52 Å². The molecular formula is C25H24N4O5. The number of benzene rings is 2. The topological polar surface area (TPSA) is 104 Å². The molecule has 1 amide bonds. The van der Waals surface area contributed by atoms with Gasteiger partial charge < -0.3 is 14.8 Å². The van der Waals surface area contributed by atoms with Crippen LogP contribution in [0.4, 0.5) is 5.69 Å². The first-order chi connectivity index (χ1) is 16.4. The molecular weight excluding hydrogens is 436 g/mol. The maximum absolute atomic E-state index is 13.4. The van der Waals surface area contributed by atoms with Crippen molar-refractivity contribution in [2.45, 2.75) is 20.0 Å². The van der Waals surface area contributed by atoms with Gasteiger partial charge in [-0.25, -0.2) is 9.78 Å². The van der Waals surface area contributed by atoms with Gasteiger partial charge in [0.1, 0.15) is 18.0 Å². The van der Waals surface area contributed by atoms with Crippen molar-refractivity contribution in [3.8, 4) is 11.5 Å². The number of amides is 1. The van der Waals surface area contributed by atoms with E-state index in [4.69, 9.17) is 9.47 Å². The van der Waals surface area contributed by atoms with Crippen molar-refractivity contribution in [2.24, 2.45) is 0 Å². The zero-order chi connectivity index (χ0) is 24.2. The van der Waals surface area contributed by atoms with Crippen molar-refractivity contribution in [2.75, 3.05) is 19.5 Å². The molecule has 0 spiro atoms. The Morgan fingerprint density at radius 2 is 1.76 bits per heavy atom. The van der Waals surface area contributed by atoms with Crippen LogP contribution in [0.15, 0.2) is 70.4 Å². The van der Waals surface area contributed by atoms with Gasteiger partial charge in [-0.15, -0.1) is 0 Å². The molecule has 0 aliphatic rings. The van der Waals surface area contributed by atoms with Crippen LogP contribution >= 0.6 is 0 Å². The van der Waals surface area contributed by atoms with Gasteiger partial charge in [0, 0.05) is 12.3 Å². The lowest BCUT2D eigenvalue weighted by Gasteiger charge is -2.15. The number of nitrogens with one attached hydrogen (secondary N) is 1. The molecule has 0 fully saturated rings. The van der Waals surface area contributed by atoms with Crippen LogP contribution in [0.2, 0.25) is 0 Å². The van der Waals surface area contributed by atoms with Crippen LogP contribution in [-0.4, -0.2) is 34.2 Å². The molecule has 2 aromatic heterocycles. The highest BCUT2D eigenvalue weighted by atomic mass is 16.5. The quantitative estimate of drug-likeness (QED) is 0.455. The van der Waals surface area contributed by atoms with E-state index >= 15 is 0 Å². The minimum atomic E-state index is -0.598. The average molecular weight is 460 g/mol. The normalized spacial score (nSPS) is 10.8. The van der Waals surface area contributed by atoms with Crippen molar-refractivity contribution in [1.29, 1.82) is 0 Å². The number of aryl methyl sites for hydroxylation is 1. The second-order valence-corrected chi connectivity index (χ2v) is 7.73. The number of hydrogen-bond acceptors (Lipinski definition) is 6. The zero-order valence-corrected chi connectivity index (χ0v) is 19.1. The molecule has 0 saturated carbocycles. The van der Waals surface area contributed by atoms with E-state index in [2.05, 4.69) is 10.3 Å². The Kier molecular flexibility index (Phi) is 6.44. The molecule has 0 unspecified atom stereocenters. The standard InChI is InChI=1S/C25H24N4O5/c1-16-6-8-17(9-7-16)14-29-24(31)23-20(5-4-12-26-23)28(25(29)32)15-22(30)27-19-13-18(33-2)10-11-21(19)34-3/h4-13H,14-15H2,1-3H3,(H,27,30). The maximum Gasteiger partial charge on any atom is 0.332 e. The van der Waals surface area contributed by atoms with Crippen LogP contribution in [0.5, 0.6) is 11.5 Å². The fourth-order valence-corrected chi connectivity index (χ4v) is 3.66. The Morgan fingerprint density at radius 3 is 2.47 bits per heavy atom. The van der Waals surface area contributed by atoms with E-state index in [0.29, 0.717) is 17.2 Å². The lowest BCUT2D eigenvalue weighted by atomic mass is 10.1. The van der Waals surface area contributed by atoms with Gasteiger partial charge in [-0.2, -0.15) is 0 Å². The Hall–Kier alpha value is -4.40. The molecule has 9 heteroatoms. The van der Waals surface area contributed by atoms with Crippen LogP contribution in [0.25, 0.3) is 11.0 Å². The highest BCUT2D eigenvalue weighted by Crippen LogP contribution is 2.28. The fraction of sp³-hybridized carbons (Fsp3) is 0.200. The van der Waals surface area contributed by atoms with Crippen LogP contribution in [0.3, 0.4) is 0 Å². The second-order valence-electron chi connectivity index (χ2n) is 7.73. The lowest BCUT2D eigenvalue weighted by Crippen LogP contribution is -2.42. The Labute approximate surface area is 195 Å². The van der Waals surface area contributed by atoms with Crippen molar-refractivity contribution < 1.29 is 14.3 Å². The molecule has 0 atom stereocenters. The summed E-state index contributed by atoms with van der Waals surface area (Å²) in [5, 5.41) is 2.76. The molecule has 9 nitrogen and oxygen atoms in total. The number of pyridine rings is 1. The fourth-order valence-electron chi connectivity index (χ4n) is 3.66. The Morgan fingerprint density at radius 1 is 1.00 bits per heavy atom. The minimum Gasteiger partial charge on any atom is -0.497 e. The summed E-state index contributed by atoms with van der Waals surface area (Å²) in [6.45, 7) is 1.70. The monoisotopic (exact) mass is 460 g/mol. The minimum absolute atomic E-state index is 0.0653. The molecule has 4 aromatic rings. The molecule has 34 heavy (non-hydrogen) atoms. The molecule has 0 aliphatic heterocycles. The first-order valence-corrected chi connectivity index (χ1v) is 10.6. The van der Waals surface area contributed by atoms with E-state index in [1.807, 2.05) is 31.2 Å². The highest BCUT2D eigenvalue weighted by molar-refractivity contribution is 5.93. The number of carbonyl (C=O) groups is 1.